The van der Waals surface area contributed by atoms with Gasteiger partial charge in [0.05, 0.1) is 19.3 Å². The number of hydrogen-bond acceptors (Lipinski definition) is 6. The molecule has 49 heavy (non-hydrogen) atoms. The molecule has 8 rings (SSSR count). The molecule has 0 spiro atoms. The first-order valence-corrected chi connectivity index (χ1v) is 18.4. The molecule has 250 valence electrons. The molecule has 2 N–H and O–H groups in total. The Labute approximate surface area is 287 Å². The van der Waals surface area contributed by atoms with Crippen molar-refractivity contribution >= 4 is 21.6 Å². The lowest BCUT2D eigenvalue weighted by Crippen LogP contribution is -2.38. The van der Waals surface area contributed by atoms with Crippen molar-refractivity contribution in [3.63, 3.8) is 0 Å². The first kappa shape index (κ1) is 31.3. The lowest BCUT2D eigenvalue weighted by Gasteiger charge is -2.33. The van der Waals surface area contributed by atoms with E-state index in [1.54, 1.807) is 11.8 Å². The Morgan fingerprint density at radius 2 is 1.45 bits per heavy atom. The minimum Gasteiger partial charge on any atom is -0.469 e. The van der Waals surface area contributed by atoms with Gasteiger partial charge >= 0.3 is 6.03 Å². The summed E-state index contributed by atoms with van der Waals surface area (Å²) in [6.07, 6.45) is 7.11. The molecule has 1 aromatic heterocycles. The number of carbonyl (C=O) groups is 1. The number of fused-ring (bicyclic) bond motifs is 3. The number of urea groups is 1. The van der Waals surface area contributed by atoms with Crippen LogP contribution in [0.4, 0.5) is 10.5 Å². The molecule has 3 aliphatic rings. The SMILES string of the molecule is COCC1Cn2ncc(S(=O)(=NC(c3ccccc3)(c3ccccc3)c3ccccc3)NC(=O)Nc3c4c(cc5c3CCC5)CCC4)c2O1. The highest BCUT2D eigenvalue weighted by Gasteiger charge is 2.41. The Kier molecular flexibility index (Phi) is 8.21. The number of rotatable bonds is 9. The molecule has 0 bridgehead atoms. The third-order valence-corrected chi connectivity index (χ3v) is 11.7. The summed E-state index contributed by atoms with van der Waals surface area (Å²) in [4.78, 5) is 14.5. The van der Waals surface area contributed by atoms with E-state index in [2.05, 4.69) is 21.2 Å². The minimum atomic E-state index is -3.82. The second-order valence-electron chi connectivity index (χ2n) is 12.9. The molecule has 2 amide bonds. The van der Waals surface area contributed by atoms with E-state index < -0.39 is 21.5 Å². The Balaban J connectivity index is 1.33. The lowest BCUT2D eigenvalue weighted by atomic mass is 9.78. The van der Waals surface area contributed by atoms with Crippen molar-refractivity contribution in [3.05, 3.63) is 142 Å². The van der Waals surface area contributed by atoms with Gasteiger partial charge in [-0.05, 0) is 77.5 Å². The Morgan fingerprint density at radius 3 is 1.98 bits per heavy atom. The van der Waals surface area contributed by atoms with E-state index in [4.69, 9.17) is 13.8 Å². The number of anilines is 1. The van der Waals surface area contributed by atoms with Crippen molar-refractivity contribution in [2.24, 2.45) is 4.36 Å². The quantitative estimate of drug-likeness (QED) is 0.167. The highest BCUT2D eigenvalue weighted by Crippen LogP contribution is 2.44. The van der Waals surface area contributed by atoms with Crippen LogP contribution in [0.3, 0.4) is 0 Å². The maximum atomic E-state index is 16.0. The Hall–Kier alpha value is -4.93. The summed E-state index contributed by atoms with van der Waals surface area (Å²) in [5.74, 6) is 0.306. The van der Waals surface area contributed by atoms with E-state index in [-0.39, 0.29) is 11.0 Å². The van der Waals surface area contributed by atoms with E-state index in [0.717, 1.165) is 60.9 Å². The number of carbonyl (C=O) groups excluding carboxylic acids is 1. The van der Waals surface area contributed by atoms with Crippen LogP contribution in [0.1, 0.15) is 51.8 Å². The summed E-state index contributed by atoms with van der Waals surface area (Å²) >= 11 is 0. The number of hydrogen-bond donors (Lipinski definition) is 2. The maximum Gasteiger partial charge on any atom is 0.331 e. The first-order chi connectivity index (χ1) is 24.0. The summed E-state index contributed by atoms with van der Waals surface area (Å²) in [6.45, 7) is 0.760. The van der Waals surface area contributed by atoms with Crippen molar-refractivity contribution in [3.8, 4) is 5.88 Å². The number of amides is 2. The number of methoxy groups -OCH3 is 1. The average molecular weight is 674 g/mol. The molecule has 5 aromatic rings. The van der Waals surface area contributed by atoms with Gasteiger partial charge in [-0.25, -0.2) is 18.4 Å². The molecule has 2 heterocycles. The number of nitrogens with one attached hydrogen (secondary N) is 2. The van der Waals surface area contributed by atoms with Gasteiger partial charge in [0.1, 0.15) is 16.5 Å². The second kappa shape index (κ2) is 12.8. The molecule has 2 unspecified atom stereocenters. The molecule has 2 atom stereocenters. The molecule has 9 nitrogen and oxygen atoms in total. The summed E-state index contributed by atoms with van der Waals surface area (Å²) in [5, 5.41) is 7.74. The molecule has 0 radical (unpaired) electrons. The van der Waals surface area contributed by atoms with E-state index in [0.29, 0.717) is 19.0 Å². The van der Waals surface area contributed by atoms with E-state index in [9.17, 15) is 4.79 Å². The highest BCUT2D eigenvalue weighted by molar-refractivity contribution is 7.92. The fourth-order valence-corrected chi connectivity index (χ4v) is 9.54. The number of aryl methyl sites for hydroxylation is 2. The first-order valence-electron chi connectivity index (χ1n) is 16.9. The topological polar surface area (TPSA) is 107 Å². The molecule has 10 heteroatoms. The predicted octanol–water partition coefficient (Wildman–Crippen LogP) is 6.82. The molecular formula is C39H39N5O4S. The fourth-order valence-electron chi connectivity index (χ4n) is 7.70. The van der Waals surface area contributed by atoms with Crippen LogP contribution in [-0.2, 0) is 52.4 Å². The van der Waals surface area contributed by atoms with Crippen LogP contribution in [0.2, 0.25) is 0 Å². The molecule has 2 aliphatic carbocycles. The minimum absolute atomic E-state index is 0.206. The van der Waals surface area contributed by atoms with Crippen LogP contribution in [-0.4, -0.2) is 39.8 Å². The summed E-state index contributed by atoms with van der Waals surface area (Å²) in [7, 11) is -2.21. The van der Waals surface area contributed by atoms with Gasteiger partial charge < -0.3 is 14.8 Å². The summed E-state index contributed by atoms with van der Waals surface area (Å²) in [5.41, 5.74) is 6.91. The van der Waals surface area contributed by atoms with Crippen LogP contribution in [0.25, 0.3) is 0 Å². The fraction of sp³-hybridized carbons (Fsp3) is 0.282. The monoisotopic (exact) mass is 673 g/mol. The smallest absolute Gasteiger partial charge is 0.331 e. The van der Waals surface area contributed by atoms with E-state index in [1.165, 1.54) is 28.5 Å². The molecule has 0 fully saturated rings. The summed E-state index contributed by atoms with van der Waals surface area (Å²) < 4.78 is 37.6. The van der Waals surface area contributed by atoms with Crippen LogP contribution >= 0.6 is 0 Å². The maximum absolute atomic E-state index is 16.0. The normalized spacial score (nSPS) is 17.4. The van der Waals surface area contributed by atoms with Gasteiger partial charge in [0.2, 0.25) is 5.88 Å². The van der Waals surface area contributed by atoms with Crippen molar-refractivity contribution < 1.29 is 18.5 Å². The van der Waals surface area contributed by atoms with Gasteiger partial charge in [0.15, 0.2) is 9.92 Å². The third kappa shape index (κ3) is 5.58. The zero-order valence-electron chi connectivity index (χ0n) is 27.4. The van der Waals surface area contributed by atoms with Gasteiger partial charge in [-0.2, -0.15) is 9.46 Å². The highest BCUT2D eigenvalue weighted by atomic mass is 32.2. The summed E-state index contributed by atoms with van der Waals surface area (Å²) in [6, 6.07) is 31.1. The van der Waals surface area contributed by atoms with Crippen LogP contribution in [0, 0.1) is 0 Å². The predicted molar refractivity (Wildman–Crippen MR) is 189 cm³/mol. The number of benzene rings is 4. The van der Waals surface area contributed by atoms with E-state index >= 15 is 4.21 Å². The number of ether oxygens (including phenoxy) is 2. The van der Waals surface area contributed by atoms with Crippen LogP contribution in [0.15, 0.2) is 113 Å². The average Bonchev–Trinajstić information content (AvgIpc) is 3.94. The zero-order chi connectivity index (χ0) is 33.4. The standard InChI is InChI=1S/C39H39N5O4S/c1-47-26-32-25-44-37(48-32)35(24-40-44)49(46,42-38(45)41-36-33-21-11-13-27(33)23-28-14-12-22-34(28)36)43-39(29-15-5-2-6-16-29,30-17-7-3-8-18-30)31-19-9-4-10-20-31/h2-10,15-20,23-24,32H,11-14,21-22,25-26H2,1H3,(H2,41,42,43,45,46). The zero-order valence-corrected chi connectivity index (χ0v) is 28.2. The Morgan fingerprint density at radius 1 is 0.898 bits per heavy atom. The largest absolute Gasteiger partial charge is 0.469 e. The second-order valence-corrected chi connectivity index (χ2v) is 14.8. The molecule has 4 aromatic carbocycles. The van der Waals surface area contributed by atoms with Crippen molar-refractivity contribution in [2.45, 2.75) is 61.6 Å². The van der Waals surface area contributed by atoms with Crippen molar-refractivity contribution in [1.29, 1.82) is 0 Å². The molecule has 0 saturated carbocycles. The van der Waals surface area contributed by atoms with Crippen molar-refractivity contribution in [1.82, 2.24) is 14.5 Å². The molecule has 1 aliphatic heterocycles. The van der Waals surface area contributed by atoms with Crippen LogP contribution in [0.5, 0.6) is 5.88 Å². The number of nitrogens with zero attached hydrogens (tertiary/aromatic N) is 3. The van der Waals surface area contributed by atoms with Gasteiger partial charge in [-0.3, -0.25) is 0 Å². The van der Waals surface area contributed by atoms with Crippen molar-refractivity contribution in [2.75, 3.05) is 19.0 Å². The van der Waals surface area contributed by atoms with Gasteiger partial charge in [0, 0.05) is 12.8 Å². The third-order valence-electron chi connectivity index (χ3n) is 9.85. The van der Waals surface area contributed by atoms with E-state index in [1.807, 2.05) is 91.0 Å². The molecule has 0 saturated heterocycles. The molecular weight excluding hydrogens is 635 g/mol. The van der Waals surface area contributed by atoms with Gasteiger partial charge in [0.25, 0.3) is 0 Å². The van der Waals surface area contributed by atoms with Crippen LogP contribution < -0.4 is 14.8 Å². The van der Waals surface area contributed by atoms with Gasteiger partial charge in [-0.1, -0.05) is 97.1 Å². The number of aromatic nitrogens is 2. The lowest BCUT2D eigenvalue weighted by molar-refractivity contribution is 0.0920. The Bertz CT molecular complexity index is 2000. The van der Waals surface area contributed by atoms with Gasteiger partial charge in [-0.15, -0.1) is 0 Å².